The Bertz CT molecular complexity index is 376. The summed E-state index contributed by atoms with van der Waals surface area (Å²) in [7, 11) is 0. The predicted molar refractivity (Wildman–Crippen MR) is 63.8 cm³/mol. The van der Waals surface area contributed by atoms with Gasteiger partial charge in [-0.1, -0.05) is 31.9 Å². The molecule has 1 aromatic carbocycles. The van der Waals surface area contributed by atoms with Crippen LogP contribution >= 0.6 is 0 Å². The Morgan fingerprint density at radius 2 is 2.12 bits per heavy atom. The lowest BCUT2D eigenvalue weighted by Gasteiger charge is -2.29. The number of rotatable bonds is 4. The maximum Gasteiger partial charge on any atom is 0.265 e. The van der Waals surface area contributed by atoms with Crippen LogP contribution in [0.15, 0.2) is 24.3 Å². The summed E-state index contributed by atoms with van der Waals surface area (Å²) in [5.74, 6) is 0.883. The summed E-state index contributed by atoms with van der Waals surface area (Å²) in [5, 5.41) is 0. The fourth-order valence-corrected chi connectivity index (χ4v) is 1.92. The molecular formula is C13H17NO2. The molecule has 0 bridgehead atoms. The molecule has 0 N–H and O–H groups in total. The van der Waals surface area contributed by atoms with E-state index in [0.29, 0.717) is 0 Å². The number of benzene rings is 1. The van der Waals surface area contributed by atoms with E-state index in [9.17, 15) is 4.79 Å². The molecule has 3 nitrogen and oxygen atoms in total. The lowest BCUT2D eigenvalue weighted by Crippen LogP contribution is -2.39. The molecule has 2 rings (SSSR count). The minimum absolute atomic E-state index is 0.0646. The normalized spacial score (nSPS) is 14.6. The number of para-hydroxylation sites is 2. The molecule has 0 saturated carbocycles. The number of carbonyl (C=O) groups excluding carboxylic acids is 1. The van der Waals surface area contributed by atoms with Gasteiger partial charge >= 0.3 is 0 Å². The number of ether oxygens (including phenoxy) is 1. The second kappa shape index (κ2) is 5.01. The summed E-state index contributed by atoms with van der Waals surface area (Å²) in [4.78, 5) is 13.6. The standard InChI is InChI=1S/C13H17NO2/c1-2-3-6-9-14-11-7-4-5-8-12(11)16-10-13(14)15/h4-5,7-8H,2-3,6,9-10H2,1H3. The van der Waals surface area contributed by atoms with E-state index < -0.39 is 0 Å². The summed E-state index contributed by atoms with van der Waals surface area (Å²) in [6, 6.07) is 7.72. The van der Waals surface area contributed by atoms with Crippen molar-refractivity contribution in [1.29, 1.82) is 0 Å². The number of nitrogens with zero attached hydrogens (tertiary/aromatic N) is 1. The van der Waals surface area contributed by atoms with E-state index in [1.807, 2.05) is 29.2 Å². The molecule has 0 fully saturated rings. The van der Waals surface area contributed by atoms with Crippen LogP contribution < -0.4 is 9.64 Å². The smallest absolute Gasteiger partial charge is 0.265 e. The van der Waals surface area contributed by atoms with Crippen LogP contribution in [0.1, 0.15) is 26.2 Å². The third-order valence-electron chi connectivity index (χ3n) is 2.79. The lowest BCUT2D eigenvalue weighted by atomic mass is 10.2. The summed E-state index contributed by atoms with van der Waals surface area (Å²) in [5.41, 5.74) is 0.912. The average molecular weight is 219 g/mol. The summed E-state index contributed by atoms with van der Waals surface area (Å²) in [6.07, 6.45) is 3.38. The summed E-state index contributed by atoms with van der Waals surface area (Å²) < 4.78 is 5.38. The Morgan fingerprint density at radius 1 is 1.31 bits per heavy atom. The molecule has 0 radical (unpaired) electrons. The molecule has 1 aliphatic heterocycles. The predicted octanol–water partition coefficient (Wildman–Crippen LogP) is 2.60. The summed E-state index contributed by atoms with van der Waals surface area (Å²) in [6.45, 7) is 3.13. The Labute approximate surface area is 96.0 Å². The molecule has 3 heteroatoms. The first-order valence-corrected chi connectivity index (χ1v) is 5.85. The van der Waals surface area contributed by atoms with E-state index in [-0.39, 0.29) is 12.5 Å². The quantitative estimate of drug-likeness (QED) is 0.728. The maximum absolute atomic E-state index is 11.8. The van der Waals surface area contributed by atoms with Gasteiger partial charge < -0.3 is 9.64 Å². The van der Waals surface area contributed by atoms with E-state index in [0.717, 1.165) is 30.8 Å². The van der Waals surface area contributed by atoms with Gasteiger partial charge in [0, 0.05) is 6.54 Å². The van der Waals surface area contributed by atoms with E-state index >= 15 is 0 Å². The van der Waals surface area contributed by atoms with Crippen LogP contribution in [0.2, 0.25) is 0 Å². The van der Waals surface area contributed by atoms with Gasteiger partial charge in [0.1, 0.15) is 5.75 Å². The van der Waals surface area contributed by atoms with Crippen LogP contribution in [0, 0.1) is 0 Å². The molecule has 0 aromatic heterocycles. The van der Waals surface area contributed by atoms with Crippen LogP contribution in [0.25, 0.3) is 0 Å². The average Bonchev–Trinajstić information content (AvgIpc) is 2.32. The maximum atomic E-state index is 11.8. The highest BCUT2D eigenvalue weighted by atomic mass is 16.5. The zero-order chi connectivity index (χ0) is 11.4. The molecule has 86 valence electrons. The zero-order valence-corrected chi connectivity index (χ0v) is 9.61. The molecule has 1 aromatic rings. The molecule has 16 heavy (non-hydrogen) atoms. The lowest BCUT2D eigenvalue weighted by molar-refractivity contribution is -0.121. The highest BCUT2D eigenvalue weighted by molar-refractivity contribution is 5.97. The number of hydrogen-bond donors (Lipinski definition) is 0. The largest absolute Gasteiger partial charge is 0.482 e. The minimum atomic E-state index is 0.0646. The number of hydrogen-bond acceptors (Lipinski definition) is 2. The van der Waals surface area contributed by atoms with Crippen molar-refractivity contribution in [3.05, 3.63) is 24.3 Å². The van der Waals surface area contributed by atoms with Crippen molar-refractivity contribution in [3.8, 4) is 5.75 Å². The summed E-state index contributed by atoms with van der Waals surface area (Å²) >= 11 is 0. The van der Waals surface area contributed by atoms with Gasteiger partial charge in [-0.05, 0) is 18.6 Å². The number of amides is 1. The first-order chi connectivity index (χ1) is 7.83. The van der Waals surface area contributed by atoms with Gasteiger partial charge in [0.05, 0.1) is 5.69 Å². The molecule has 0 saturated heterocycles. The molecule has 0 unspecified atom stereocenters. The number of carbonyl (C=O) groups is 1. The van der Waals surface area contributed by atoms with Crippen molar-refractivity contribution in [2.75, 3.05) is 18.1 Å². The fourth-order valence-electron chi connectivity index (χ4n) is 1.92. The third-order valence-corrected chi connectivity index (χ3v) is 2.79. The van der Waals surface area contributed by atoms with Crippen molar-refractivity contribution in [2.45, 2.75) is 26.2 Å². The topological polar surface area (TPSA) is 29.5 Å². The van der Waals surface area contributed by atoms with Gasteiger partial charge in [-0.2, -0.15) is 0 Å². The first-order valence-electron chi connectivity index (χ1n) is 5.85. The molecule has 1 heterocycles. The van der Waals surface area contributed by atoms with Crippen molar-refractivity contribution in [1.82, 2.24) is 0 Å². The monoisotopic (exact) mass is 219 g/mol. The van der Waals surface area contributed by atoms with Crippen LogP contribution in [0.5, 0.6) is 5.75 Å². The molecule has 1 amide bonds. The number of fused-ring (bicyclic) bond motifs is 1. The van der Waals surface area contributed by atoms with Gasteiger partial charge in [-0.25, -0.2) is 0 Å². The van der Waals surface area contributed by atoms with Crippen LogP contribution in [0.4, 0.5) is 5.69 Å². The highest BCUT2D eigenvalue weighted by Gasteiger charge is 2.24. The van der Waals surface area contributed by atoms with Crippen molar-refractivity contribution in [2.24, 2.45) is 0 Å². The van der Waals surface area contributed by atoms with Crippen LogP contribution in [-0.2, 0) is 4.79 Å². The molecule has 1 aliphatic rings. The highest BCUT2D eigenvalue weighted by Crippen LogP contribution is 2.31. The van der Waals surface area contributed by atoms with Crippen molar-refractivity contribution in [3.63, 3.8) is 0 Å². The molecule has 0 atom stereocenters. The Morgan fingerprint density at radius 3 is 2.94 bits per heavy atom. The van der Waals surface area contributed by atoms with Crippen LogP contribution in [0.3, 0.4) is 0 Å². The van der Waals surface area contributed by atoms with E-state index in [2.05, 4.69) is 6.92 Å². The van der Waals surface area contributed by atoms with Gasteiger partial charge in [-0.15, -0.1) is 0 Å². The number of unbranched alkanes of at least 4 members (excludes halogenated alkanes) is 2. The SMILES string of the molecule is CCCCCN1C(=O)COc2ccccc21. The van der Waals surface area contributed by atoms with Crippen LogP contribution in [-0.4, -0.2) is 19.1 Å². The van der Waals surface area contributed by atoms with E-state index in [1.54, 1.807) is 0 Å². The zero-order valence-electron chi connectivity index (χ0n) is 9.61. The van der Waals surface area contributed by atoms with E-state index in [1.165, 1.54) is 6.42 Å². The number of anilines is 1. The first kappa shape index (κ1) is 11.0. The fraction of sp³-hybridized carbons (Fsp3) is 0.462. The van der Waals surface area contributed by atoms with E-state index in [4.69, 9.17) is 4.74 Å². The Hall–Kier alpha value is -1.51. The third kappa shape index (κ3) is 2.18. The van der Waals surface area contributed by atoms with Gasteiger partial charge in [-0.3, -0.25) is 4.79 Å². The second-order valence-corrected chi connectivity index (χ2v) is 4.01. The van der Waals surface area contributed by atoms with Gasteiger partial charge in [0.2, 0.25) is 0 Å². The molecule has 0 aliphatic carbocycles. The van der Waals surface area contributed by atoms with Gasteiger partial charge in [0.25, 0.3) is 5.91 Å². The van der Waals surface area contributed by atoms with Crippen molar-refractivity contribution >= 4 is 11.6 Å². The Balaban J connectivity index is 2.13. The molecule has 0 spiro atoms. The minimum Gasteiger partial charge on any atom is -0.482 e. The second-order valence-electron chi connectivity index (χ2n) is 4.01. The van der Waals surface area contributed by atoms with Crippen molar-refractivity contribution < 1.29 is 9.53 Å². The van der Waals surface area contributed by atoms with Gasteiger partial charge in [0.15, 0.2) is 6.61 Å². The Kier molecular flexibility index (Phi) is 3.44. The molecular weight excluding hydrogens is 202 g/mol.